The fourth-order valence-corrected chi connectivity index (χ4v) is 6.24. The van der Waals surface area contributed by atoms with Crippen LogP contribution in [-0.4, -0.2) is 218 Å². The second-order valence-electron chi connectivity index (χ2n) is 22.3. The number of aliphatic hydroxyl groups is 10. The topological polar surface area (TPSA) is 396 Å². The van der Waals surface area contributed by atoms with Gasteiger partial charge in [0, 0.05) is 6.61 Å². The maximum atomic E-state index is 14.3. The summed E-state index contributed by atoms with van der Waals surface area (Å²) in [5, 5.41) is 99.1. The molecule has 0 radical (unpaired) electrons. The summed E-state index contributed by atoms with van der Waals surface area (Å²) in [7, 11) is 0. The highest BCUT2D eigenvalue weighted by Crippen LogP contribution is 2.32. The van der Waals surface area contributed by atoms with Crippen molar-refractivity contribution in [3.8, 4) is 0 Å². The molecule has 0 aliphatic carbocycles. The molecule has 0 aliphatic rings. The van der Waals surface area contributed by atoms with E-state index in [4.69, 9.17) is 37.9 Å². The zero-order valence-corrected chi connectivity index (χ0v) is 46.6. The van der Waals surface area contributed by atoms with Gasteiger partial charge in [-0.05, 0) is 54.9 Å². The fourth-order valence-electron chi connectivity index (χ4n) is 6.24. The lowest BCUT2D eigenvalue weighted by Gasteiger charge is -2.34. The Balaban J connectivity index is 7.09. The molecule has 77 heavy (non-hydrogen) atoms. The number of hydrogen-bond acceptors (Lipinski definition) is 25. The Kier molecular flexibility index (Phi) is 32.9. The van der Waals surface area contributed by atoms with E-state index in [0.29, 0.717) is 6.42 Å². The lowest BCUT2D eigenvalue weighted by Crippen LogP contribution is -2.49. The summed E-state index contributed by atoms with van der Waals surface area (Å²) < 4.78 is 43.7. The van der Waals surface area contributed by atoms with Crippen molar-refractivity contribution in [2.75, 3.05) is 126 Å². The van der Waals surface area contributed by atoms with Gasteiger partial charge in [0.1, 0.15) is 84.2 Å². The molecular weight excluding hydrogens is 1020 g/mol. The second kappa shape index (κ2) is 34.8. The minimum atomic E-state index is -2.29. The van der Waals surface area contributed by atoms with Gasteiger partial charge in [0.2, 0.25) is 0 Å². The molecule has 0 aromatic heterocycles. The minimum absolute atomic E-state index is 0.250. The standard InChI is InChI=1S/C52H92O25/c1-9-10-11-12-13-14-15-16-17-18-19-70-36-52(28-61,29-62)37-77-44(69)51(8,34-75-42(67)49(6,30-71-38(63)45(2,20-53)21-54)31-72-39(64)46(3,22-55)23-56)35-76-43(68)50(7,32-73-40(65)47(4,24-57)25-58)33-74-41(66)48(5,26-59)27-60/h53-62H,9-37H2,1-8H3. The van der Waals surface area contributed by atoms with Gasteiger partial charge in [0.15, 0.2) is 0 Å². The van der Waals surface area contributed by atoms with E-state index in [1.807, 2.05) is 0 Å². The Labute approximate surface area is 451 Å². The third-order valence-corrected chi connectivity index (χ3v) is 13.6. The van der Waals surface area contributed by atoms with Crippen LogP contribution in [0.3, 0.4) is 0 Å². The molecule has 0 saturated heterocycles. The van der Waals surface area contributed by atoms with Gasteiger partial charge in [-0.1, -0.05) is 64.7 Å². The molecule has 0 unspecified atom stereocenters. The first kappa shape index (κ1) is 72.8. The molecule has 450 valence electrons. The van der Waals surface area contributed by atoms with Crippen LogP contribution in [0.5, 0.6) is 0 Å². The number of unbranched alkanes of at least 4 members (excludes halogenated alkanes) is 9. The number of carbonyl (C=O) groups excluding carboxylic acids is 7. The lowest BCUT2D eigenvalue weighted by molar-refractivity contribution is -0.186. The molecule has 0 aromatic rings. The predicted octanol–water partition coefficient (Wildman–Crippen LogP) is -0.320. The summed E-state index contributed by atoms with van der Waals surface area (Å²) in [4.78, 5) is 94.7. The van der Waals surface area contributed by atoms with Gasteiger partial charge in [-0.3, -0.25) is 33.6 Å². The van der Waals surface area contributed by atoms with E-state index >= 15 is 0 Å². The summed E-state index contributed by atoms with van der Waals surface area (Å²) in [5.41, 5.74) is -15.8. The molecule has 0 bridgehead atoms. The van der Waals surface area contributed by atoms with Crippen LogP contribution < -0.4 is 0 Å². The zero-order chi connectivity index (χ0) is 59.2. The van der Waals surface area contributed by atoms with Crippen LogP contribution in [-0.2, 0) is 71.5 Å². The van der Waals surface area contributed by atoms with Crippen molar-refractivity contribution in [1.82, 2.24) is 0 Å². The Hall–Kier alpha value is -4.15. The molecule has 0 aromatic carbocycles. The molecule has 0 amide bonds. The highest BCUT2D eigenvalue weighted by Gasteiger charge is 2.49. The normalized spacial score (nSPS) is 12.9. The van der Waals surface area contributed by atoms with Crippen molar-refractivity contribution >= 4 is 41.8 Å². The highest BCUT2D eigenvalue weighted by molar-refractivity contribution is 5.83. The average Bonchev–Trinajstić information content (AvgIpc) is 3.45. The number of esters is 7. The van der Waals surface area contributed by atoms with Crippen molar-refractivity contribution in [3.63, 3.8) is 0 Å². The molecule has 0 heterocycles. The van der Waals surface area contributed by atoms with E-state index in [9.17, 15) is 84.6 Å². The predicted molar refractivity (Wildman–Crippen MR) is 269 cm³/mol. The maximum absolute atomic E-state index is 14.3. The minimum Gasteiger partial charge on any atom is -0.464 e. The van der Waals surface area contributed by atoms with E-state index in [2.05, 4.69) is 6.92 Å². The quantitative estimate of drug-likeness (QED) is 0.0212. The molecule has 0 spiro atoms. The number of rotatable bonds is 44. The van der Waals surface area contributed by atoms with E-state index in [1.165, 1.54) is 32.1 Å². The largest absolute Gasteiger partial charge is 0.464 e. The molecule has 0 aliphatic heterocycles. The van der Waals surface area contributed by atoms with Crippen molar-refractivity contribution < 1.29 is 123 Å². The highest BCUT2D eigenvalue weighted by atomic mass is 16.6. The molecule has 25 heteroatoms. The van der Waals surface area contributed by atoms with Crippen LogP contribution in [0.4, 0.5) is 0 Å². The Bertz CT molecular complexity index is 1620. The molecule has 10 N–H and O–H groups in total. The first-order valence-corrected chi connectivity index (χ1v) is 25.9. The van der Waals surface area contributed by atoms with Crippen LogP contribution in [0.15, 0.2) is 0 Å². The van der Waals surface area contributed by atoms with Crippen LogP contribution in [0.2, 0.25) is 0 Å². The van der Waals surface area contributed by atoms with Crippen LogP contribution >= 0.6 is 0 Å². The molecule has 0 atom stereocenters. The first-order valence-electron chi connectivity index (χ1n) is 25.9. The summed E-state index contributed by atoms with van der Waals surface area (Å²) in [5.74, 6) is -8.83. The molecule has 0 saturated carbocycles. The van der Waals surface area contributed by atoms with Gasteiger partial charge in [-0.25, -0.2) is 0 Å². The summed E-state index contributed by atoms with van der Waals surface area (Å²) in [6.07, 6.45) is 10.7. The van der Waals surface area contributed by atoms with Crippen molar-refractivity contribution in [2.24, 2.45) is 43.3 Å². The zero-order valence-electron chi connectivity index (χ0n) is 46.6. The Morgan fingerprint density at radius 1 is 0.273 bits per heavy atom. The molecule has 0 fully saturated rings. The summed E-state index contributed by atoms with van der Waals surface area (Å²) >= 11 is 0. The smallest absolute Gasteiger partial charge is 0.318 e. The average molecular weight is 1120 g/mol. The van der Waals surface area contributed by atoms with Crippen molar-refractivity contribution in [3.05, 3.63) is 0 Å². The van der Waals surface area contributed by atoms with Crippen LogP contribution in [0.1, 0.15) is 120 Å². The lowest BCUT2D eigenvalue weighted by atomic mass is 9.89. The van der Waals surface area contributed by atoms with Crippen LogP contribution in [0, 0.1) is 43.3 Å². The maximum Gasteiger partial charge on any atom is 0.318 e. The van der Waals surface area contributed by atoms with Gasteiger partial charge in [-0.2, -0.15) is 0 Å². The van der Waals surface area contributed by atoms with Gasteiger partial charge < -0.3 is 89.0 Å². The van der Waals surface area contributed by atoms with Gasteiger partial charge >= 0.3 is 41.8 Å². The summed E-state index contributed by atoms with van der Waals surface area (Å²) in [6.45, 7) is -5.50. The van der Waals surface area contributed by atoms with Gasteiger partial charge in [0.05, 0.1) is 78.1 Å². The monoisotopic (exact) mass is 1120 g/mol. The Morgan fingerprint density at radius 2 is 0.481 bits per heavy atom. The summed E-state index contributed by atoms with van der Waals surface area (Å²) in [6, 6.07) is 0. The van der Waals surface area contributed by atoms with E-state index in [1.54, 1.807) is 0 Å². The van der Waals surface area contributed by atoms with E-state index in [0.717, 1.165) is 74.1 Å². The molecule has 25 nitrogen and oxygen atoms in total. The van der Waals surface area contributed by atoms with Crippen LogP contribution in [0.25, 0.3) is 0 Å². The Morgan fingerprint density at radius 3 is 0.701 bits per heavy atom. The fraction of sp³-hybridized carbons (Fsp3) is 0.865. The molecule has 0 rings (SSSR count). The third kappa shape index (κ3) is 22.5. The van der Waals surface area contributed by atoms with Gasteiger partial charge in [0.25, 0.3) is 0 Å². The number of ether oxygens (including phenoxy) is 8. The van der Waals surface area contributed by atoms with E-state index in [-0.39, 0.29) is 13.2 Å². The molecular formula is C52H92O25. The number of hydrogen-bond donors (Lipinski definition) is 10. The second-order valence-corrected chi connectivity index (χ2v) is 22.3. The number of aliphatic hydroxyl groups excluding tert-OH is 10. The number of carbonyl (C=O) groups is 7. The van der Waals surface area contributed by atoms with Crippen molar-refractivity contribution in [2.45, 2.75) is 120 Å². The third-order valence-electron chi connectivity index (χ3n) is 13.6. The van der Waals surface area contributed by atoms with Gasteiger partial charge in [-0.15, -0.1) is 0 Å². The van der Waals surface area contributed by atoms with Crippen molar-refractivity contribution in [1.29, 1.82) is 0 Å². The SMILES string of the molecule is CCCCCCCCCCCCOCC(CO)(CO)COC(=O)C(C)(COC(=O)C(C)(COC(=O)C(C)(CO)CO)COC(=O)C(C)(CO)CO)COC(=O)C(C)(COC(=O)C(C)(CO)CO)COC(=O)C(C)(CO)CO. The first-order chi connectivity index (χ1) is 36.1. The van der Waals surface area contributed by atoms with E-state index < -0.39 is 197 Å².